The molecule has 1 amide bonds. The van der Waals surface area contributed by atoms with Crippen LogP contribution in [0.15, 0.2) is 37.2 Å². The zero-order chi connectivity index (χ0) is 15.0. The summed E-state index contributed by atoms with van der Waals surface area (Å²) in [5.74, 6) is -0.261. The molecule has 0 bridgehead atoms. The van der Waals surface area contributed by atoms with E-state index in [1.807, 2.05) is 6.07 Å². The summed E-state index contributed by atoms with van der Waals surface area (Å²) >= 11 is 0. The van der Waals surface area contributed by atoms with Gasteiger partial charge in [-0.2, -0.15) is 4.31 Å². The molecule has 1 N–H and O–H groups in total. The first-order valence-corrected chi connectivity index (χ1v) is 8.02. The summed E-state index contributed by atoms with van der Waals surface area (Å²) in [5, 5.41) is 2.61. The maximum atomic E-state index is 11.7. The standard InChI is InChI=1S/C13H19N3O3S/c1-3-13(17)15-8-5-9-16(20(2,18)19)11-12-6-4-7-14-10-12/h3-4,6-7,10H,1,5,8-9,11H2,2H3,(H,15,17). The van der Waals surface area contributed by atoms with Gasteiger partial charge in [-0.15, -0.1) is 0 Å². The highest BCUT2D eigenvalue weighted by molar-refractivity contribution is 7.88. The van der Waals surface area contributed by atoms with E-state index < -0.39 is 10.0 Å². The van der Waals surface area contributed by atoms with Crippen molar-refractivity contribution < 1.29 is 13.2 Å². The molecule has 0 spiro atoms. The molecule has 0 aliphatic rings. The zero-order valence-corrected chi connectivity index (χ0v) is 12.3. The van der Waals surface area contributed by atoms with E-state index in [9.17, 15) is 13.2 Å². The highest BCUT2D eigenvalue weighted by Gasteiger charge is 2.16. The Morgan fingerprint density at radius 2 is 2.30 bits per heavy atom. The van der Waals surface area contributed by atoms with E-state index in [-0.39, 0.29) is 12.5 Å². The van der Waals surface area contributed by atoms with Crippen molar-refractivity contribution in [3.8, 4) is 0 Å². The number of pyridine rings is 1. The number of sulfonamides is 1. The third-order valence-corrected chi connectivity index (χ3v) is 3.87. The van der Waals surface area contributed by atoms with Crippen LogP contribution in [0.3, 0.4) is 0 Å². The Labute approximate surface area is 119 Å². The van der Waals surface area contributed by atoms with Crippen molar-refractivity contribution in [3.63, 3.8) is 0 Å². The summed E-state index contributed by atoms with van der Waals surface area (Å²) in [6.07, 6.45) is 6.17. The average Bonchev–Trinajstić information content (AvgIpc) is 2.41. The van der Waals surface area contributed by atoms with Gasteiger partial charge in [0.15, 0.2) is 0 Å². The van der Waals surface area contributed by atoms with E-state index in [4.69, 9.17) is 0 Å². The number of aromatic nitrogens is 1. The minimum Gasteiger partial charge on any atom is -0.353 e. The first kappa shape index (κ1) is 16.3. The van der Waals surface area contributed by atoms with Gasteiger partial charge < -0.3 is 5.32 Å². The lowest BCUT2D eigenvalue weighted by Gasteiger charge is -2.19. The summed E-state index contributed by atoms with van der Waals surface area (Å²) in [6.45, 7) is 4.37. The lowest BCUT2D eigenvalue weighted by molar-refractivity contribution is -0.116. The van der Waals surface area contributed by atoms with Gasteiger partial charge in [0.2, 0.25) is 15.9 Å². The van der Waals surface area contributed by atoms with Crippen molar-refractivity contribution in [3.05, 3.63) is 42.7 Å². The molecule has 0 aliphatic heterocycles. The number of amides is 1. The second kappa shape index (κ2) is 7.76. The van der Waals surface area contributed by atoms with Crippen LogP contribution in [0.5, 0.6) is 0 Å². The van der Waals surface area contributed by atoms with Crippen molar-refractivity contribution in [1.82, 2.24) is 14.6 Å². The summed E-state index contributed by atoms with van der Waals surface area (Å²) in [7, 11) is -3.30. The minimum absolute atomic E-state index is 0.261. The molecule has 0 saturated heterocycles. The normalized spacial score (nSPS) is 11.3. The molecule has 1 heterocycles. The summed E-state index contributed by atoms with van der Waals surface area (Å²) in [5.41, 5.74) is 0.827. The first-order valence-electron chi connectivity index (χ1n) is 6.18. The number of nitrogens with one attached hydrogen (secondary N) is 1. The Bertz CT molecular complexity index is 543. The van der Waals surface area contributed by atoms with Crippen molar-refractivity contribution in [2.24, 2.45) is 0 Å². The highest BCUT2D eigenvalue weighted by Crippen LogP contribution is 2.07. The Morgan fingerprint density at radius 1 is 1.55 bits per heavy atom. The Kier molecular flexibility index (Phi) is 6.33. The van der Waals surface area contributed by atoms with Gasteiger partial charge in [0.25, 0.3) is 0 Å². The summed E-state index contributed by atoms with van der Waals surface area (Å²) in [4.78, 5) is 14.9. The first-order chi connectivity index (χ1) is 9.43. The molecular formula is C13H19N3O3S. The van der Waals surface area contributed by atoms with Crippen LogP contribution < -0.4 is 5.32 Å². The van der Waals surface area contributed by atoms with E-state index in [2.05, 4.69) is 16.9 Å². The number of carbonyl (C=O) groups excluding carboxylic acids is 1. The van der Waals surface area contributed by atoms with Gasteiger partial charge >= 0.3 is 0 Å². The van der Waals surface area contributed by atoms with Crippen molar-refractivity contribution >= 4 is 15.9 Å². The number of hydrogen-bond acceptors (Lipinski definition) is 4. The Balaban J connectivity index is 2.54. The molecule has 6 nitrogen and oxygen atoms in total. The monoisotopic (exact) mass is 297 g/mol. The van der Waals surface area contributed by atoms with E-state index >= 15 is 0 Å². The predicted octanol–water partition coefficient (Wildman–Crippen LogP) is 0.535. The number of carbonyl (C=O) groups is 1. The third kappa shape index (κ3) is 5.94. The Morgan fingerprint density at radius 3 is 2.85 bits per heavy atom. The van der Waals surface area contributed by atoms with E-state index in [0.717, 1.165) is 5.56 Å². The van der Waals surface area contributed by atoms with Gasteiger partial charge in [-0.05, 0) is 24.1 Å². The smallest absolute Gasteiger partial charge is 0.243 e. The van der Waals surface area contributed by atoms with Crippen LogP contribution in [0, 0.1) is 0 Å². The van der Waals surface area contributed by atoms with Gasteiger partial charge in [0.1, 0.15) is 0 Å². The van der Waals surface area contributed by atoms with Gasteiger partial charge in [0, 0.05) is 32.0 Å². The van der Waals surface area contributed by atoms with Gasteiger partial charge in [-0.1, -0.05) is 12.6 Å². The molecule has 1 rings (SSSR count). The van der Waals surface area contributed by atoms with Crippen LogP contribution in [-0.4, -0.2) is 43.0 Å². The molecule has 0 fully saturated rings. The molecule has 0 atom stereocenters. The number of rotatable bonds is 8. The minimum atomic E-state index is -3.30. The molecule has 1 aromatic rings. The van der Waals surface area contributed by atoms with E-state index in [1.54, 1.807) is 18.5 Å². The topological polar surface area (TPSA) is 79.4 Å². The fourth-order valence-corrected chi connectivity index (χ4v) is 2.44. The van der Waals surface area contributed by atoms with Crippen molar-refractivity contribution in [2.45, 2.75) is 13.0 Å². The third-order valence-electron chi connectivity index (χ3n) is 2.62. The molecule has 0 radical (unpaired) electrons. The molecule has 110 valence electrons. The van der Waals surface area contributed by atoms with Crippen LogP contribution >= 0.6 is 0 Å². The number of hydrogen-bond donors (Lipinski definition) is 1. The zero-order valence-electron chi connectivity index (χ0n) is 11.4. The SMILES string of the molecule is C=CC(=O)NCCCN(Cc1cccnc1)S(C)(=O)=O. The van der Waals surface area contributed by atoms with Crippen LogP contribution in [0.4, 0.5) is 0 Å². The van der Waals surface area contributed by atoms with Crippen LogP contribution in [0.1, 0.15) is 12.0 Å². The van der Waals surface area contributed by atoms with Gasteiger partial charge in [0.05, 0.1) is 6.26 Å². The summed E-state index contributed by atoms with van der Waals surface area (Å²) in [6, 6.07) is 3.59. The quantitative estimate of drug-likeness (QED) is 0.561. The van der Waals surface area contributed by atoms with Crippen LogP contribution in [-0.2, 0) is 21.4 Å². The average molecular weight is 297 g/mol. The van der Waals surface area contributed by atoms with E-state index in [1.165, 1.54) is 16.6 Å². The fourth-order valence-electron chi connectivity index (χ4n) is 1.60. The van der Waals surface area contributed by atoms with E-state index in [0.29, 0.717) is 19.5 Å². The lowest BCUT2D eigenvalue weighted by Crippen LogP contribution is -2.33. The molecule has 7 heteroatoms. The highest BCUT2D eigenvalue weighted by atomic mass is 32.2. The van der Waals surface area contributed by atoms with Gasteiger partial charge in [-0.3, -0.25) is 9.78 Å². The Hall–Kier alpha value is -1.73. The molecule has 1 aromatic heterocycles. The van der Waals surface area contributed by atoms with Crippen molar-refractivity contribution in [1.29, 1.82) is 0 Å². The fraction of sp³-hybridized carbons (Fsp3) is 0.385. The molecular weight excluding hydrogens is 278 g/mol. The maximum Gasteiger partial charge on any atom is 0.243 e. The summed E-state index contributed by atoms with van der Waals surface area (Å²) < 4.78 is 24.8. The molecule has 0 aromatic carbocycles. The van der Waals surface area contributed by atoms with Gasteiger partial charge in [-0.25, -0.2) is 8.42 Å². The van der Waals surface area contributed by atoms with Crippen LogP contribution in [0.2, 0.25) is 0 Å². The molecule has 0 saturated carbocycles. The molecule has 0 aliphatic carbocycles. The van der Waals surface area contributed by atoms with Crippen molar-refractivity contribution in [2.75, 3.05) is 19.3 Å². The second-order valence-electron chi connectivity index (χ2n) is 4.31. The maximum absolute atomic E-state index is 11.7. The largest absolute Gasteiger partial charge is 0.353 e. The predicted molar refractivity (Wildman–Crippen MR) is 77.3 cm³/mol. The molecule has 0 unspecified atom stereocenters. The molecule has 20 heavy (non-hydrogen) atoms. The number of nitrogens with zero attached hydrogens (tertiary/aromatic N) is 2. The second-order valence-corrected chi connectivity index (χ2v) is 6.29. The lowest BCUT2D eigenvalue weighted by atomic mass is 10.3. The van der Waals surface area contributed by atoms with Crippen LogP contribution in [0.25, 0.3) is 0 Å².